The Hall–Kier alpha value is -2.05. The minimum Gasteiger partial charge on any atom is -0.360 e. The Bertz CT molecular complexity index is 810. The van der Waals surface area contributed by atoms with Crippen molar-refractivity contribution in [1.82, 2.24) is 19.9 Å². The number of aromatic nitrogens is 4. The number of thioether (sulfide) groups is 1. The predicted molar refractivity (Wildman–Crippen MR) is 91.5 cm³/mol. The van der Waals surface area contributed by atoms with Crippen LogP contribution in [0.4, 0.5) is 0 Å². The molecule has 3 rings (SSSR count). The average Bonchev–Trinajstić information content (AvgIpc) is 3.15. The molecule has 0 aliphatic rings. The van der Waals surface area contributed by atoms with Crippen LogP contribution in [-0.2, 0) is 12.3 Å². The Kier molecular flexibility index (Phi) is 4.83. The van der Waals surface area contributed by atoms with E-state index in [0.29, 0.717) is 17.3 Å². The molecule has 0 spiro atoms. The Morgan fingerprint density at radius 1 is 1.30 bits per heavy atom. The summed E-state index contributed by atoms with van der Waals surface area (Å²) < 4.78 is 7.40. The first-order valence-electron chi connectivity index (χ1n) is 7.02. The Balaban J connectivity index is 1.70. The number of halogens is 1. The van der Waals surface area contributed by atoms with Crippen molar-refractivity contribution in [3.05, 3.63) is 59.6 Å². The molecule has 23 heavy (non-hydrogen) atoms. The van der Waals surface area contributed by atoms with Crippen LogP contribution in [0.3, 0.4) is 0 Å². The van der Waals surface area contributed by atoms with Gasteiger partial charge in [0, 0.05) is 23.2 Å². The van der Waals surface area contributed by atoms with Gasteiger partial charge in [-0.05, 0) is 19.1 Å². The van der Waals surface area contributed by atoms with E-state index in [1.54, 1.807) is 11.8 Å². The maximum absolute atomic E-state index is 5.89. The zero-order chi connectivity index (χ0) is 16.2. The molecule has 118 valence electrons. The molecule has 7 heteroatoms. The molecule has 0 bridgehead atoms. The monoisotopic (exact) mass is 346 g/mol. The lowest BCUT2D eigenvalue weighted by molar-refractivity contribution is 0.397. The van der Waals surface area contributed by atoms with E-state index in [-0.39, 0.29) is 0 Å². The van der Waals surface area contributed by atoms with Crippen LogP contribution in [0.5, 0.6) is 0 Å². The Labute approximate surface area is 143 Å². The van der Waals surface area contributed by atoms with E-state index in [9.17, 15) is 0 Å². The van der Waals surface area contributed by atoms with Crippen LogP contribution in [0.2, 0.25) is 5.02 Å². The van der Waals surface area contributed by atoms with E-state index in [1.165, 1.54) is 0 Å². The molecule has 2 heterocycles. The van der Waals surface area contributed by atoms with Gasteiger partial charge in [-0.1, -0.05) is 46.7 Å². The van der Waals surface area contributed by atoms with Crippen molar-refractivity contribution in [3.63, 3.8) is 0 Å². The standard InChI is InChI=1S/C16H15ClN4OS/c1-3-8-21-11(2)18-19-16(21)23-10-14-9-15(20-22-14)12-4-6-13(17)7-5-12/h3-7,9H,1,8,10H2,2H3. The summed E-state index contributed by atoms with van der Waals surface area (Å²) in [5.74, 6) is 2.29. The lowest BCUT2D eigenvalue weighted by Crippen LogP contribution is -1.99. The molecular formula is C16H15ClN4OS. The highest BCUT2D eigenvalue weighted by molar-refractivity contribution is 7.98. The maximum Gasteiger partial charge on any atom is 0.191 e. The van der Waals surface area contributed by atoms with Gasteiger partial charge in [0.05, 0.1) is 5.75 Å². The molecule has 0 aliphatic heterocycles. The molecule has 5 nitrogen and oxygen atoms in total. The summed E-state index contributed by atoms with van der Waals surface area (Å²) in [7, 11) is 0. The first-order chi connectivity index (χ1) is 11.2. The highest BCUT2D eigenvalue weighted by atomic mass is 35.5. The van der Waals surface area contributed by atoms with Crippen LogP contribution in [-0.4, -0.2) is 19.9 Å². The number of benzene rings is 1. The average molecular weight is 347 g/mol. The van der Waals surface area contributed by atoms with Gasteiger partial charge in [0.1, 0.15) is 17.3 Å². The van der Waals surface area contributed by atoms with Crippen molar-refractivity contribution in [1.29, 1.82) is 0 Å². The summed E-state index contributed by atoms with van der Waals surface area (Å²) in [6.45, 7) is 6.37. The first kappa shape index (κ1) is 15.8. The third-order valence-corrected chi connectivity index (χ3v) is 4.50. The quantitative estimate of drug-likeness (QED) is 0.490. The van der Waals surface area contributed by atoms with Crippen LogP contribution in [0.1, 0.15) is 11.6 Å². The summed E-state index contributed by atoms with van der Waals surface area (Å²) in [6.07, 6.45) is 1.83. The van der Waals surface area contributed by atoms with E-state index in [2.05, 4.69) is 21.9 Å². The van der Waals surface area contributed by atoms with E-state index >= 15 is 0 Å². The third kappa shape index (κ3) is 3.65. The fourth-order valence-electron chi connectivity index (χ4n) is 2.08. The molecule has 0 atom stereocenters. The van der Waals surface area contributed by atoms with Gasteiger partial charge in [-0.25, -0.2) is 0 Å². The Morgan fingerprint density at radius 2 is 2.09 bits per heavy atom. The molecule has 0 unspecified atom stereocenters. The molecule has 0 N–H and O–H groups in total. The molecule has 2 aromatic heterocycles. The first-order valence-corrected chi connectivity index (χ1v) is 8.39. The largest absolute Gasteiger partial charge is 0.360 e. The molecule has 3 aromatic rings. The topological polar surface area (TPSA) is 56.7 Å². The summed E-state index contributed by atoms with van der Waals surface area (Å²) in [5, 5.41) is 13.9. The summed E-state index contributed by atoms with van der Waals surface area (Å²) in [5.41, 5.74) is 1.76. The highest BCUT2D eigenvalue weighted by Gasteiger charge is 2.11. The van der Waals surface area contributed by atoms with Crippen molar-refractivity contribution in [2.45, 2.75) is 24.4 Å². The van der Waals surface area contributed by atoms with Crippen LogP contribution in [0.15, 0.2) is 52.7 Å². The van der Waals surface area contributed by atoms with Crippen molar-refractivity contribution >= 4 is 23.4 Å². The van der Waals surface area contributed by atoms with Gasteiger partial charge in [0.25, 0.3) is 0 Å². The molecule has 0 saturated heterocycles. The molecule has 0 radical (unpaired) electrons. The fraction of sp³-hybridized carbons (Fsp3) is 0.188. The third-order valence-electron chi connectivity index (χ3n) is 3.26. The Morgan fingerprint density at radius 3 is 2.83 bits per heavy atom. The lowest BCUT2D eigenvalue weighted by Gasteiger charge is -2.03. The molecule has 0 fully saturated rings. The van der Waals surface area contributed by atoms with E-state index in [1.807, 2.05) is 47.9 Å². The molecule has 0 amide bonds. The van der Waals surface area contributed by atoms with E-state index < -0.39 is 0 Å². The van der Waals surface area contributed by atoms with E-state index in [0.717, 1.165) is 28.0 Å². The van der Waals surface area contributed by atoms with Crippen molar-refractivity contribution < 1.29 is 4.52 Å². The van der Waals surface area contributed by atoms with Crippen LogP contribution < -0.4 is 0 Å². The van der Waals surface area contributed by atoms with Crippen molar-refractivity contribution in [2.24, 2.45) is 0 Å². The van der Waals surface area contributed by atoms with Gasteiger partial charge < -0.3 is 9.09 Å². The van der Waals surface area contributed by atoms with E-state index in [4.69, 9.17) is 16.1 Å². The highest BCUT2D eigenvalue weighted by Crippen LogP contribution is 2.26. The SMILES string of the molecule is C=CCn1c(C)nnc1SCc1cc(-c2ccc(Cl)cc2)no1. The zero-order valence-corrected chi connectivity index (χ0v) is 14.1. The van der Waals surface area contributed by atoms with Gasteiger partial charge in [0.2, 0.25) is 0 Å². The second-order valence-corrected chi connectivity index (χ2v) is 6.28. The second-order valence-electron chi connectivity index (χ2n) is 4.90. The molecular weight excluding hydrogens is 332 g/mol. The van der Waals surface area contributed by atoms with Crippen LogP contribution in [0, 0.1) is 6.92 Å². The maximum atomic E-state index is 5.89. The number of rotatable bonds is 6. The number of nitrogens with zero attached hydrogens (tertiary/aromatic N) is 4. The predicted octanol–water partition coefficient (Wildman–Crippen LogP) is 4.37. The fourth-order valence-corrected chi connectivity index (χ4v) is 3.08. The smallest absolute Gasteiger partial charge is 0.191 e. The number of hydrogen-bond donors (Lipinski definition) is 0. The summed E-state index contributed by atoms with van der Waals surface area (Å²) in [6, 6.07) is 9.43. The lowest BCUT2D eigenvalue weighted by atomic mass is 10.1. The van der Waals surface area contributed by atoms with Gasteiger partial charge in [-0.15, -0.1) is 16.8 Å². The van der Waals surface area contributed by atoms with Crippen molar-refractivity contribution in [3.8, 4) is 11.3 Å². The number of aryl methyl sites for hydroxylation is 1. The van der Waals surface area contributed by atoms with Gasteiger partial charge >= 0.3 is 0 Å². The minimum atomic E-state index is 0.635. The van der Waals surface area contributed by atoms with Crippen LogP contribution >= 0.6 is 23.4 Å². The molecule has 1 aromatic carbocycles. The second kappa shape index (κ2) is 7.02. The number of hydrogen-bond acceptors (Lipinski definition) is 5. The number of allylic oxidation sites excluding steroid dienone is 1. The normalized spacial score (nSPS) is 10.9. The van der Waals surface area contributed by atoms with Gasteiger partial charge in [-0.3, -0.25) is 0 Å². The zero-order valence-electron chi connectivity index (χ0n) is 12.6. The summed E-state index contributed by atoms with van der Waals surface area (Å²) in [4.78, 5) is 0. The molecule has 0 aliphatic carbocycles. The van der Waals surface area contributed by atoms with Gasteiger partial charge in [-0.2, -0.15) is 0 Å². The van der Waals surface area contributed by atoms with Crippen LogP contribution in [0.25, 0.3) is 11.3 Å². The van der Waals surface area contributed by atoms with Crippen molar-refractivity contribution in [2.75, 3.05) is 0 Å². The summed E-state index contributed by atoms with van der Waals surface area (Å²) >= 11 is 7.45. The minimum absolute atomic E-state index is 0.635. The molecule has 0 saturated carbocycles. The van der Waals surface area contributed by atoms with Gasteiger partial charge in [0.15, 0.2) is 5.16 Å².